The van der Waals surface area contributed by atoms with Gasteiger partial charge in [-0.1, -0.05) is 0 Å². The number of ketones is 1. The van der Waals surface area contributed by atoms with Crippen LogP contribution >= 0.6 is 0 Å². The van der Waals surface area contributed by atoms with Gasteiger partial charge in [-0.3, -0.25) is 4.79 Å². The molecule has 0 aliphatic carbocycles. The molecule has 7 nitrogen and oxygen atoms in total. The van der Waals surface area contributed by atoms with E-state index in [4.69, 9.17) is 5.26 Å². The van der Waals surface area contributed by atoms with Crippen LogP contribution in [0.4, 0.5) is 17.6 Å². The number of alkyl halides is 3. The van der Waals surface area contributed by atoms with Crippen LogP contribution in [0.1, 0.15) is 28.7 Å². The van der Waals surface area contributed by atoms with Crippen LogP contribution in [0, 0.1) is 17.1 Å². The maximum Gasteiger partial charge on any atom is 0.404 e. The van der Waals surface area contributed by atoms with Crippen molar-refractivity contribution in [2.45, 2.75) is 30.5 Å². The third-order valence-electron chi connectivity index (χ3n) is 3.77. The lowest BCUT2D eigenvalue weighted by atomic mass is 10.1. The Morgan fingerprint density at radius 3 is 2.64 bits per heavy atom. The van der Waals surface area contributed by atoms with Crippen molar-refractivity contribution < 1.29 is 30.8 Å². The van der Waals surface area contributed by atoms with Crippen molar-refractivity contribution in [3.05, 3.63) is 47.3 Å². The Kier molecular flexibility index (Phi) is 5.91. The summed E-state index contributed by atoms with van der Waals surface area (Å²) >= 11 is 0. The first-order chi connectivity index (χ1) is 12.9. The molecule has 0 radical (unpaired) electrons. The maximum absolute atomic E-state index is 14.6. The van der Waals surface area contributed by atoms with E-state index in [-0.39, 0.29) is 12.1 Å². The van der Waals surface area contributed by atoms with Crippen molar-refractivity contribution in [2.75, 3.05) is 0 Å². The quantitative estimate of drug-likeness (QED) is 0.571. The average Bonchev–Trinajstić information content (AvgIpc) is 2.89. The summed E-state index contributed by atoms with van der Waals surface area (Å²) in [5.74, 6) is -2.27. The lowest BCUT2D eigenvalue weighted by Gasteiger charge is -2.16. The molecule has 0 saturated heterocycles. The van der Waals surface area contributed by atoms with Gasteiger partial charge in [-0.25, -0.2) is 17.8 Å². The molecule has 1 atom stereocenters. The minimum atomic E-state index is -4.86. The van der Waals surface area contributed by atoms with Gasteiger partial charge in [0.2, 0.25) is 10.0 Å². The molecule has 0 aliphatic heterocycles. The number of nitrogens with zero attached hydrogens (tertiary/aromatic N) is 3. The summed E-state index contributed by atoms with van der Waals surface area (Å²) in [6, 6.07) is 2.06. The monoisotopic (exact) mass is 418 g/mol. The van der Waals surface area contributed by atoms with Crippen LogP contribution in [0.5, 0.6) is 0 Å². The van der Waals surface area contributed by atoms with Crippen LogP contribution in [0.3, 0.4) is 0 Å². The molecule has 0 fully saturated rings. The van der Waals surface area contributed by atoms with Crippen molar-refractivity contribution in [3.8, 4) is 6.07 Å². The Labute approximate surface area is 157 Å². The number of Topliss-reactive ketones (excluding diaryl/α,β-unsaturated/α-hetero) is 1. The van der Waals surface area contributed by atoms with E-state index in [9.17, 15) is 30.8 Å². The Balaban J connectivity index is 2.35. The summed E-state index contributed by atoms with van der Waals surface area (Å²) in [6.07, 6.45) is -3.23. The van der Waals surface area contributed by atoms with Crippen LogP contribution in [-0.2, 0) is 23.5 Å². The minimum absolute atomic E-state index is 0.0336. The predicted octanol–water partition coefficient (Wildman–Crippen LogP) is 2.09. The number of nitriles is 1. The molecule has 2 rings (SSSR count). The molecular formula is C16H14F4N4O3S. The van der Waals surface area contributed by atoms with Crippen molar-refractivity contribution >= 4 is 15.8 Å². The fourth-order valence-corrected chi connectivity index (χ4v) is 3.71. The van der Waals surface area contributed by atoms with Gasteiger partial charge in [0.15, 0.2) is 11.6 Å². The number of carbonyl (C=O) groups is 1. The van der Waals surface area contributed by atoms with Crippen LogP contribution in [0.15, 0.2) is 29.4 Å². The van der Waals surface area contributed by atoms with E-state index in [1.807, 2.05) is 0 Å². The zero-order valence-corrected chi connectivity index (χ0v) is 15.4. The van der Waals surface area contributed by atoms with Gasteiger partial charge in [-0.2, -0.15) is 23.2 Å². The number of nitrogens with one attached hydrogen (secondary N) is 1. The lowest BCUT2D eigenvalue weighted by Crippen LogP contribution is -2.43. The molecule has 0 unspecified atom stereocenters. The summed E-state index contributed by atoms with van der Waals surface area (Å²) in [6.45, 7) is 0.570. The number of aromatic nitrogens is 2. The van der Waals surface area contributed by atoms with Gasteiger partial charge in [0.25, 0.3) is 0 Å². The van der Waals surface area contributed by atoms with Gasteiger partial charge in [0.05, 0.1) is 0 Å². The number of halogens is 4. The molecule has 28 heavy (non-hydrogen) atoms. The highest BCUT2D eigenvalue weighted by molar-refractivity contribution is 7.89. The Morgan fingerprint density at radius 2 is 2.07 bits per heavy atom. The Morgan fingerprint density at radius 1 is 1.43 bits per heavy atom. The number of hydrogen-bond acceptors (Lipinski definition) is 5. The molecule has 2 aromatic heterocycles. The summed E-state index contributed by atoms with van der Waals surface area (Å²) in [5, 5.41) is 8.81. The van der Waals surface area contributed by atoms with E-state index >= 15 is 0 Å². The van der Waals surface area contributed by atoms with Crippen molar-refractivity contribution in [2.24, 2.45) is 7.05 Å². The molecular weight excluding hydrogens is 404 g/mol. The first kappa shape index (κ1) is 21.5. The number of carbonyl (C=O) groups excluding carboxylic acids is 1. The molecule has 0 aliphatic rings. The number of rotatable bonds is 6. The van der Waals surface area contributed by atoms with Gasteiger partial charge in [0, 0.05) is 25.9 Å². The van der Waals surface area contributed by atoms with Gasteiger partial charge in [-0.05, 0) is 24.6 Å². The molecule has 0 spiro atoms. The average molecular weight is 418 g/mol. The molecule has 2 heterocycles. The van der Waals surface area contributed by atoms with Crippen molar-refractivity contribution in [1.82, 2.24) is 14.3 Å². The lowest BCUT2D eigenvalue weighted by molar-refractivity contribution is -0.147. The molecule has 0 bridgehead atoms. The van der Waals surface area contributed by atoms with Crippen LogP contribution < -0.4 is 4.72 Å². The SMILES string of the molecule is C[C@H](NS(=O)(=O)c1cn(C)c(C(=O)Cc2ccnc(C#N)c2)c1F)C(F)(F)F. The molecule has 12 heteroatoms. The highest BCUT2D eigenvalue weighted by Gasteiger charge is 2.40. The second-order valence-corrected chi connectivity index (χ2v) is 7.59. The second-order valence-electron chi connectivity index (χ2n) is 5.91. The fraction of sp³-hybridized carbons (Fsp3) is 0.312. The van der Waals surface area contributed by atoms with Crippen molar-refractivity contribution in [1.29, 1.82) is 5.26 Å². The molecule has 0 saturated carbocycles. The number of aryl methyl sites for hydroxylation is 1. The first-order valence-corrected chi connectivity index (χ1v) is 9.17. The van der Waals surface area contributed by atoms with E-state index in [0.717, 1.165) is 10.8 Å². The Hall–Kier alpha value is -2.78. The van der Waals surface area contributed by atoms with E-state index in [2.05, 4.69) is 4.98 Å². The smallest absolute Gasteiger partial charge is 0.344 e. The van der Waals surface area contributed by atoms with Crippen molar-refractivity contribution in [3.63, 3.8) is 0 Å². The molecule has 0 aromatic carbocycles. The summed E-state index contributed by atoms with van der Waals surface area (Å²) in [4.78, 5) is 15.1. The van der Waals surface area contributed by atoms with E-state index in [0.29, 0.717) is 12.5 Å². The highest BCUT2D eigenvalue weighted by atomic mass is 32.2. The fourth-order valence-electron chi connectivity index (χ4n) is 2.35. The number of pyridine rings is 1. The predicted molar refractivity (Wildman–Crippen MR) is 88.2 cm³/mol. The van der Waals surface area contributed by atoms with Gasteiger partial charge < -0.3 is 4.57 Å². The highest BCUT2D eigenvalue weighted by Crippen LogP contribution is 2.25. The normalized spacial score (nSPS) is 13.2. The number of hydrogen-bond donors (Lipinski definition) is 1. The zero-order chi connectivity index (χ0) is 21.3. The minimum Gasteiger partial charge on any atom is -0.344 e. The van der Waals surface area contributed by atoms with Crippen LogP contribution in [-0.4, -0.2) is 36.0 Å². The van der Waals surface area contributed by atoms with Gasteiger partial charge in [0.1, 0.15) is 28.4 Å². The van der Waals surface area contributed by atoms with Gasteiger partial charge in [-0.15, -0.1) is 0 Å². The third-order valence-corrected chi connectivity index (χ3v) is 5.30. The number of sulfonamides is 1. The maximum atomic E-state index is 14.6. The third kappa shape index (κ3) is 4.55. The zero-order valence-electron chi connectivity index (χ0n) is 14.6. The van der Waals surface area contributed by atoms with Gasteiger partial charge >= 0.3 is 6.18 Å². The molecule has 0 amide bonds. The van der Waals surface area contributed by atoms with E-state index in [1.54, 1.807) is 6.07 Å². The Bertz CT molecular complexity index is 1050. The van der Waals surface area contributed by atoms with E-state index < -0.39 is 44.4 Å². The molecule has 150 valence electrons. The first-order valence-electron chi connectivity index (χ1n) is 7.69. The van der Waals surface area contributed by atoms with Crippen LogP contribution in [0.25, 0.3) is 0 Å². The standard InChI is InChI=1S/C16H14F4N4O3S/c1-9(16(18,19)20)23-28(26,27)13-8-24(2)15(14(13)17)12(25)6-10-3-4-22-11(5-10)7-21/h3-5,8-9,23H,6H2,1-2H3/t9-/m0/s1. The summed E-state index contributed by atoms with van der Waals surface area (Å²) in [5.41, 5.74) is -0.244. The molecule has 2 aromatic rings. The second kappa shape index (κ2) is 7.69. The summed E-state index contributed by atoms with van der Waals surface area (Å²) < 4.78 is 78.9. The summed E-state index contributed by atoms with van der Waals surface area (Å²) in [7, 11) is -3.67. The van der Waals surface area contributed by atoms with Crippen LogP contribution in [0.2, 0.25) is 0 Å². The largest absolute Gasteiger partial charge is 0.404 e. The van der Waals surface area contributed by atoms with E-state index in [1.165, 1.54) is 30.1 Å². The topological polar surface area (TPSA) is 105 Å². The molecule has 1 N–H and O–H groups in total.